The summed E-state index contributed by atoms with van der Waals surface area (Å²) >= 11 is 0. The lowest BCUT2D eigenvalue weighted by molar-refractivity contribution is -0.149. The number of carboxylic acids is 1. The van der Waals surface area contributed by atoms with Crippen molar-refractivity contribution in [3.05, 3.63) is 0 Å². The first kappa shape index (κ1) is 18.0. The van der Waals surface area contributed by atoms with E-state index in [-0.39, 0.29) is 11.8 Å². The maximum atomic E-state index is 12.4. The van der Waals surface area contributed by atoms with E-state index in [9.17, 15) is 14.7 Å². The van der Waals surface area contributed by atoms with Crippen molar-refractivity contribution >= 4 is 11.9 Å². The summed E-state index contributed by atoms with van der Waals surface area (Å²) in [5.41, 5.74) is 5.02. The van der Waals surface area contributed by atoms with Gasteiger partial charge in [0, 0.05) is 19.5 Å². The molecule has 1 amide bonds. The van der Waals surface area contributed by atoms with E-state index in [1.54, 1.807) is 4.90 Å². The molecule has 1 saturated heterocycles. The van der Waals surface area contributed by atoms with Crippen LogP contribution < -0.4 is 5.73 Å². The van der Waals surface area contributed by atoms with Crippen molar-refractivity contribution in [2.75, 3.05) is 19.6 Å². The minimum atomic E-state index is -0.766. The molecule has 2 unspecified atom stereocenters. The molecule has 0 saturated carbocycles. The Morgan fingerprint density at radius 1 is 1.38 bits per heavy atom. The summed E-state index contributed by atoms with van der Waals surface area (Å²) in [5.74, 6) is 0.00849. The van der Waals surface area contributed by atoms with Gasteiger partial charge in [-0.1, -0.05) is 27.2 Å². The maximum Gasteiger partial charge on any atom is 0.311 e. The average molecular weight is 298 g/mol. The second-order valence-electron chi connectivity index (χ2n) is 6.84. The van der Waals surface area contributed by atoms with Gasteiger partial charge in [-0.25, -0.2) is 0 Å². The molecule has 2 atom stereocenters. The summed E-state index contributed by atoms with van der Waals surface area (Å²) in [6.07, 6.45) is 3.41. The predicted octanol–water partition coefficient (Wildman–Crippen LogP) is 2.10. The highest BCUT2D eigenvalue weighted by atomic mass is 16.4. The number of nitrogens with zero attached hydrogens (tertiary/aromatic N) is 1. The molecule has 122 valence electrons. The summed E-state index contributed by atoms with van der Waals surface area (Å²) in [7, 11) is 0. The van der Waals surface area contributed by atoms with Crippen LogP contribution in [0.2, 0.25) is 0 Å². The molecule has 1 aliphatic rings. The van der Waals surface area contributed by atoms with E-state index in [1.165, 1.54) is 0 Å². The number of rotatable bonds is 8. The van der Waals surface area contributed by atoms with Crippen molar-refractivity contribution in [2.24, 2.45) is 23.0 Å². The fraction of sp³-hybridized carbons (Fsp3) is 0.875. The van der Waals surface area contributed by atoms with Gasteiger partial charge in [-0.15, -0.1) is 0 Å². The number of likely N-dealkylation sites (tertiary alicyclic amines) is 1. The van der Waals surface area contributed by atoms with E-state index in [4.69, 9.17) is 5.73 Å². The largest absolute Gasteiger partial charge is 0.481 e. The van der Waals surface area contributed by atoms with Gasteiger partial charge in [0.05, 0.1) is 5.41 Å². The predicted molar refractivity (Wildman–Crippen MR) is 82.8 cm³/mol. The number of hydrogen-bond donors (Lipinski definition) is 2. The van der Waals surface area contributed by atoms with Gasteiger partial charge in [-0.3, -0.25) is 9.59 Å². The normalized spacial score (nSPS) is 23.6. The molecule has 5 heteroatoms. The van der Waals surface area contributed by atoms with Crippen molar-refractivity contribution in [1.29, 1.82) is 0 Å². The highest BCUT2D eigenvalue weighted by Gasteiger charge is 2.45. The smallest absolute Gasteiger partial charge is 0.311 e. The van der Waals surface area contributed by atoms with Crippen LogP contribution >= 0.6 is 0 Å². The van der Waals surface area contributed by atoms with Gasteiger partial charge in [-0.2, -0.15) is 0 Å². The highest BCUT2D eigenvalue weighted by Crippen LogP contribution is 2.36. The Kier molecular flexibility index (Phi) is 6.65. The monoisotopic (exact) mass is 298 g/mol. The molecule has 1 aliphatic heterocycles. The van der Waals surface area contributed by atoms with Crippen LogP contribution in [-0.4, -0.2) is 41.5 Å². The third kappa shape index (κ3) is 4.70. The van der Waals surface area contributed by atoms with E-state index in [0.29, 0.717) is 44.8 Å². The fourth-order valence-corrected chi connectivity index (χ4v) is 3.36. The minimum Gasteiger partial charge on any atom is -0.481 e. The van der Waals surface area contributed by atoms with E-state index in [1.807, 2.05) is 6.92 Å². The van der Waals surface area contributed by atoms with Gasteiger partial charge in [0.2, 0.25) is 5.91 Å². The summed E-state index contributed by atoms with van der Waals surface area (Å²) < 4.78 is 0. The van der Waals surface area contributed by atoms with Crippen LogP contribution in [0.25, 0.3) is 0 Å². The average Bonchev–Trinajstić information content (AvgIpc) is 2.83. The first-order valence-electron chi connectivity index (χ1n) is 8.06. The standard InChI is InChI=1S/C16H30N2O3/c1-4-5-16(15(20)21)6-7-18(11-16)14(19)9-13(10-17)8-12(2)3/h12-13H,4-11,17H2,1-3H3,(H,20,21). The molecule has 0 aromatic heterocycles. The Balaban J connectivity index is 2.62. The molecule has 0 spiro atoms. The zero-order valence-corrected chi connectivity index (χ0v) is 13.6. The number of nitrogens with two attached hydrogens (primary N) is 1. The molecular formula is C16H30N2O3. The summed E-state index contributed by atoms with van der Waals surface area (Å²) in [5, 5.41) is 9.48. The molecule has 0 aromatic carbocycles. The van der Waals surface area contributed by atoms with Crippen LogP contribution in [0, 0.1) is 17.3 Å². The van der Waals surface area contributed by atoms with Crippen LogP contribution in [0.5, 0.6) is 0 Å². The number of hydrogen-bond acceptors (Lipinski definition) is 3. The van der Waals surface area contributed by atoms with E-state index in [0.717, 1.165) is 12.8 Å². The van der Waals surface area contributed by atoms with Crippen LogP contribution in [0.15, 0.2) is 0 Å². The number of carbonyl (C=O) groups excluding carboxylic acids is 1. The summed E-state index contributed by atoms with van der Waals surface area (Å²) in [6, 6.07) is 0. The molecule has 0 aliphatic carbocycles. The maximum absolute atomic E-state index is 12.4. The lowest BCUT2D eigenvalue weighted by atomic mass is 9.83. The second kappa shape index (κ2) is 7.78. The highest BCUT2D eigenvalue weighted by molar-refractivity contribution is 5.80. The molecule has 0 aromatic rings. The molecule has 21 heavy (non-hydrogen) atoms. The van der Waals surface area contributed by atoms with Crippen LogP contribution in [0.4, 0.5) is 0 Å². The molecule has 1 rings (SSSR count). The van der Waals surface area contributed by atoms with Crippen molar-refractivity contribution in [1.82, 2.24) is 4.90 Å². The molecule has 0 bridgehead atoms. The first-order valence-corrected chi connectivity index (χ1v) is 8.06. The van der Waals surface area contributed by atoms with Crippen LogP contribution in [0.1, 0.15) is 52.9 Å². The Morgan fingerprint density at radius 3 is 2.52 bits per heavy atom. The van der Waals surface area contributed by atoms with Crippen molar-refractivity contribution < 1.29 is 14.7 Å². The van der Waals surface area contributed by atoms with Crippen LogP contribution in [0.3, 0.4) is 0 Å². The number of carboxylic acid groups (broad SMARTS) is 1. The van der Waals surface area contributed by atoms with Gasteiger partial charge in [-0.05, 0) is 37.6 Å². The Bertz CT molecular complexity index is 371. The van der Waals surface area contributed by atoms with Crippen molar-refractivity contribution in [3.8, 4) is 0 Å². The number of carbonyl (C=O) groups is 2. The first-order chi connectivity index (χ1) is 9.84. The van der Waals surface area contributed by atoms with Gasteiger partial charge < -0.3 is 15.7 Å². The molecular weight excluding hydrogens is 268 g/mol. The third-order valence-corrected chi connectivity index (χ3v) is 4.49. The SMILES string of the molecule is CCCC1(C(=O)O)CCN(C(=O)CC(CN)CC(C)C)C1. The van der Waals surface area contributed by atoms with Crippen molar-refractivity contribution in [3.63, 3.8) is 0 Å². The molecule has 5 nitrogen and oxygen atoms in total. The van der Waals surface area contributed by atoms with Gasteiger partial charge >= 0.3 is 5.97 Å². The molecule has 1 heterocycles. The second-order valence-corrected chi connectivity index (χ2v) is 6.84. The third-order valence-electron chi connectivity index (χ3n) is 4.49. The van der Waals surface area contributed by atoms with Crippen molar-refractivity contribution in [2.45, 2.75) is 52.9 Å². The lowest BCUT2D eigenvalue weighted by Crippen LogP contribution is -2.38. The van der Waals surface area contributed by atoms with Gasteiger partial charge in [0.15, 0.2) is 0 Å². The van der Waals surface area contributed by atoms with E-state index >= 15 is 0 Å². The van der Waals surface area contributed by atoms with Crippen LogP contribution in [-0.2, 0) is 9.59 Å². The Labute approximate surface area is 127 Å². The molecule has 3 N–H and O–H groups in total. The van der Waals surface area contributed by atoms with E-state index < -0.39 is 11.4 Å². The fourth-order valence-electron chi connectivity index (χ4n) is 3.36. The zero-order chi connectivity index (χ0) is 16.0. The number of amides is 1. The quantitative estimate of drug-likeness (QED) is 0.719. The summed E-state index contributed by atoms with van der Waals surface area (Å²) in [4.78, 5) is 25.7. The Hall–Kier alpha value is -1.10. The van der Waals surface area contributed by atoms with Gasteiger partial charge in [0.1, 0.15) is 0 Å². The van der Waals surface area contributed by atoms with E-state index in [2.05, 4.69) is 13.8 Å². The Morgan fingerprint density at radius 2 is 2.05 bits per heavy atom. The minimum absolute atomic E-state index is 0.0605. The number of aliphatic carboxylic acids is 1. The van der Waals surface area contributed by atoms with Gasteiger partial charge in [0.25, 0.3) is 0 Å². The zero-order valence-electron chi connectivity index (χ0n) is 13.6. The summed E-state index contributed by atoms with van der Waals surface area (Å²) in [6.45, 7) is 7.66. The topological polar surface area (TPSA) is 83.6 Å². The lowest BCUT2D eigenvalue weighted by Gasteiger charge is -2.25. The molecule has 1 fully saturated rings. The molecule has 0 radical (unpaired) electrons.